The molecule has 1 atom stereocenters. The molecule has 194 valence electrons. The Labute approximate surface area is 218 Å². The zero-order valence-corrected chi connectivity index (χ0v) is 20.5. The van der Waals surface area contributed by atoms with Crippen LogP contribution in [-0.2, 0) is 16.1 Å². The number of morpholine rings is 1. The molecule has 2 aliphatic rings. The Kier molecular flexibility index (Phi) is 6.34. The molecule has 0 spiro atoms. The van der Waals surface area contributed by atoms with E-state index >= 15 is 0 Å². The monoisotopic (exact) mass is 515 g/mol. The van der Waals surface area contributed by atoms with Gasteiger partial charge < -0.3 is 24.8 Å². The van der Waals surface area contributed by atoms with Crippen molar-refractivity contribution < 1.29 is 18.7 Å². The number of aromatic nitrogens is 4. The van der Waals surface area contributed by atoms with Gasteiger partial charge in [-0.15, -0.1) is 0 Å². The fourth-order valence-electron chi connectivity index (χ4n) is 4.97. The van der Waals surface area contributed by atoms with E-state index in [1.165, 1.54) is 16.9 Å². The first-order valence-corrected chi connectivity index (χ1v) is 12.4. The van der Waals surface area contributed by atoms with Gasteiger partial charge in [-0.25, -0.2) is 14.2 Å². The lowest BCUT2D eigenvalue weighted by molar-refractivity contribution is -0.136. The molecular weight excluding hydrogens is 489 g/mol. The SMILES string of the molecule is O=C(NCC1c2ccccc2-c2cncn21)Nc1ccc(-c2cnn(CC(=O)N3CCOCC3)c2)c(F)c1. The molecule has 10 nitrogen and oxygen atoms in total. The maximum Gasteiger partial charge on any atom is 0.319 e. The molecule has 1 fully saturated rings. The average molecular weight is 516 g/mol. The number of ether oxygens (including phenoxy) is 1. The van der Waals surface area contributed by atoms with Crippen LogP contribution >= 0.6 is 0 Å². The largest absolute Gasteiger partial charge is 0.378 e. The smallest absolute Gasteiger partial charge is 0.319 e. The molecule has 4 aromatic rings. The van der Waals surface area contributed by atoms with Crippen molar-refractivity contribution in [1.82, 2.24) is 29.5 Å². The van der Waals surface area contributed by atoms with Gasteiger partial charge in [0.2, 0.25) is 5.91 Å². The molecule has 2 N–H and O–H groups in total. The van der Waals surface area contributed by atoms with Crippen LogP contribution < -0.4 is 10.6 Å². The zero-order valence-electron chi connectivity index (χ0n) is 20.5. The minimum Gasteiger partial charge on any atom is -0.378 e. The first-order chi connectivity index (χ1) is 18.6. The highest BCUT2D eigenvalue weighted by Gasteiger charge is 2.28. The van der Waals surface area contributed by atoms with Crippen molar-refractivity contribution in [2.75, 3.05) is 38.2 Å². The van der Waals surface area contributed by atoms with Crippen LogP contribution in [0, 0.1) is 5.82 Å². The maximum absolute atomic E-state index is 15.0. The molecule has 0 bridgehead atoms. The van der Waals surface area contributed by atoms with Gasteiger partial charge in [-0.05, 0) is 23.8 Å². The first kappa shape index (κ1) is 23.9. The normalized spacial score (nSPS) is 16.1. The lowest BCUT2D eigenvalue weighted by Gasteiger charge is -2.26. The van der Waals surface area contributed by atoms with E-state index in [4.69, 9.17) is 4.74 Å². The Hall–Kier alpha value is -4.51. The van der Waals surface area contributed by atoms with Gasteiger partial charge in [0.1, 0.15) is 12.4 Å². The van der Waals surface area contributed by atoms with Crippen LogP contribution in [0.25, 0.3) is 22.4 Å². The number of fused-ring (bicyclic) bond motifs is 3. The number of nitrogens with one attached hydrogen (secondary N) is 2. The van der Waals surface area contributed by atoms with E-state index in [1.807, 2.05) is 35.0 Å². The van der Waals surface area contributed by atoms with Crippen molar-refractivity contribution in [2.45, 2.75) is 12.6 Å². The molecule has 2 aliphatic heterocycles. The molecule has 11 heteroatoms. The van der Waals surface area contributed by atoms with Crippen LogP contribution in [0.15, 0.2) is 67.4 Å². The quantitative estimate of drug-likeness (QED) is 0.411. The average Bonchev–Trinajstić information content (AvgIpc) is 3.65. The van der Waals surface area contributed by atoms with Gasteiger partial charge in [0, 0.05) is 48.2 Å². The minimum atomic E-state index is -0.505. The third kappa shape index (κ3) is 4.63. The third-order valence-electron chi connectivity index (χ3n) is 6.89. The van der Waals surface area contributed by atoms with E-state index in [0.29, 0.717) is 49.7 Å². The molecule has 1 saturated heterocycles. The van der Waals surface area contributed by atoms with Gasteiger partial charge in [0.25, 0.3) is 0 Å². The Bertz CT molecular complexity index is 1490. The Morgan fingerprint density at radius 1 is 1.08 bits per heavy atom. The fourth-order valence-corrected chi connectivity index (χ4v) is 4.97. The number of urea groups is 1. The number of nitrogens with zero attached hydrogens (tertiary/aromatic N) is 5. The predicted molar refractivity (Wildman–Crippen MR) is 138 cm³/mol. The predicted octanol–water partition coefficient (Wildman–Crippen LogP) is 3.14. The molecule has 0 aliphatic carbocycles. The van der Waals surface area contributed by atoms with Crippen molar-refractivity contribution >= 4 is 17.6 Å². The molecule has 6 rings (SSSR count). The summed E-state index contributed by atoms with van der Waals surface area (Å²) in [6, 6.07) is 12.0. The van der Waals surface area contributed by atoms with Crippen molar-refractivity contribution in [2.24, 2.45) is 0 Å². The topological polar surface area (TPSA) is 106 Å². The van der Waals surface area contributed by atoms with Crippen LogP contribution in [0.2, 0.25) is 0 Å². The summed E-state index contributed by atoms with van der Waals surface area (Å²) in [4.78, 5) is 31.0. The standard InChI is InChI=1S/C27H26FN7O3/c28-23-11-19(5-6-20(23)18-12-31-34(15-18)16-26(36)33-7-9-38-10-8-33)32-27(37)30-14-25-22-4-2-1-3-21(22)24-13-29-17-35(24)25/h1-6,11-13,15,17,25H,7-10,14,16H2,(H2,30,32,37). The number of carbonyl (C=O) groups excluding carboxylic acids is 2. The van der Waals surface area contributed by atoms with E-state index in [-0.39, 0.29) is 18.5 Å². The second kappa shape index (κ2) is 10.1. The molecule has 2 aromatic heterocycles. The zero-order chi connectivity index (χ0) is 26.1. The number of imidazole rings is 1. The lowest BCUT2D eigenvalue weighted by Crippen LogP contribution is -2.42. The van der Waals surface area contributed by atoms with Gasteiger partial charge >= 0.3 is 6.03 Å². The number of anilines is 1. The summed E-state index contributed by atoms with van der Waals surface area (Å²) < 4.78 is 23.8. The van der Waals surface area contributed by atoms with Gasteiger partial charge in [-0.2, -0.15) is 5.10 Å². The second-order valence-electron chi connectivity index (χ2n) is 9.24. The summed E-state index contributed by atoms with van der Waals surface area (Å²) in [7, 11) is 0. The van der Waals surface area contributed by atoms with Gasteiger partial charge in [0.05, 0.1) is 43.7 Å². The highest BCUT2D eigenvalue weighted by Crippen LogP contribution is 2.38. The lowest BCUT2D eigenvalue weighted by atomic mass is 10.0. The minimum absolute atomic E-state index is 0.0562. The van der Waals surface area contributed by atoms with E-state index in [0.717, 1.165) is 16.8 Å². The van der Waals surface area contributed by atoms with E-state index in [2.05, 4.69) is 20.7 Å². The molecule has 2 aromatic carbocycles. The summed E-state index contributed by atoms with van der Waals surface area (Å²) in [6.07, 6.45) is 6.73. The molecular formula is C27H26FN7O3. The van der Waals surface area contributed by atoms with Crippen LogP contribution in [0.1, 0.15) is 11.6 Å². The van der Waals surface area contributed by atoms with Crippen molar-refractivity contribution in [3.63, 3.8) is 0 Å². The number of halogens is 1. The summed E-state index contributed by atoms with van der Waals surface area (Å²) in [5.41, 5.74) is 4.44. The Balaban J connectivity index is 1.07. The van der Waals surface area contributed by atoms with Gasteiger partial charge in [-0.1, -0.05) is 24.3 Å². The number of benzene rings is 2. The van der Waals surface area contributed by atoms with E-state index in [1.54, 1.807) is 29.6 Å². The Morgan fingerprint density at radius 3 is 2.76 bits per heavy atom. The van der Waals surface area contributed by atoms with Crippen LogP contribution in [0.3, 0.4) is 0 Å². The molecule has 0 radical (unpaired) electrons. The van der Waals surface area contributed by atoms with Crippen LogP contribution in [-0.4, -0.2) is 69.0 Å². The maximum atomic E-state index is 15.0. The molecule has 38 heavy (non-hydrogen) atoms. The number of carbonyl (C=O) groups is 2. The highest BCUT2D eigenvalue weighted by atomic mass is 19.1. The van der Waals surface area contributed by atoms with E-state index < -0.39 is 11.8 Å². The summed E-state index contributed by atoms with van der Waals surface area (Å²) in [5.74, 6) is -0.561. The van der Waals surface area contributed by atoms with E-state index in [9.17, 15) is 14.0 Å². The van der Waals surface area contributed by atoms with Crippen molar-refractivity contribution in [3.05, 3.63) is 78.8 Å². The molecule has 3 amide bonds. The van der Waals surface area contributed by atoms with Crippen LogP contribution in [0.5, 0.6) is 0 Å². The van der Waals surface area contributed by atoms with Gasteiger partial charge in [-0.3, -0.25) is 9.48 Å². The molecule has 4 heterocycles. The van der Waals surface area contributed by atoms with Gasteiger partial charge in [0.15, 0.2) is 0 Å². The number of rotatable bonds is 6. The number of hydrogen-bond acceptors (Lipinski definition) is 5. The summed E-state index contributed by atoms with van der Waals surface area (Å²) >= 11 is 0. The van der Waals surface area contributed by atoms with Crippen LogP contribution in [0.4, 0.5) is 14.9 Å². The van der Waals surface area contributed by atoms with Crippen molar-refractivity contribution in [1.29, 1.82) is 0 Å². The highest BCUT2D eigenvalue weighted by molar-refractivity contribution is 5.89. The molecule has 1 unspecified atom stereocenters. The first-order valence-electron chi connectivity index (χ1n) is 12.4. The van der Waals surface area contributed by atoms with Crippen molar-refractivity contribution in [3.8, 4) is 22.4 Å². The summed E-state index contributed by atoms with van der Waals surface area (Å²) in [5, 5.41) is 9.79. The number of hydrogen-bond donors (Lipinski definition) is 2. The molecule has 0 saturated carbocycles. The summed E-state index contributed by atoms with van der Waals surface area (Å²) in [6.45, 7) is 2.60. The second-order valence-corrected chi connectivity index (χ2v) is 9.24. The Morgan fingerprint density at radius 2 is 1.92 bits per heavy atom. The third-order valence-corrected chi connectivity index (χ3v) is 6.89. The number of amides is 3. The fraction of sp³-hybridized carbons (Fsp3) is 0.259.